The number of ether oxygens (including phenoxy) is 1. The molecule has 1 aromatic carbocycles. The van der Waals surface area contributed by atoms with Crippen molar-refractivity contribution in [1.82, 2.24) is 0 Å². The molecule has 1 aliphatic rings. The summed E-state index contributed by atoms with van der Waals surface area (Å²) in [6.07, 6.45) is 3.02. The smallest absolute Gasteiger partial charge is 0.235 e. The summed E-state index contributed by atoms with van der Waals surface area (Å²) >= 11 is 5.74. The molecule has 1 saturated carbocycles. The lowest BCUT2D eigenvalue weighted by atomic mass is 10.1. The van der Waals surface area contributed by atoms with Crippen molar-refractivity contribution in [3.63, 3.8) is 0 Å². The van der Waals surface area contributed by atoms with Crippen molar-refractivity contribution in [2.24, 2.45) is 4.99 Å². The van der Waals surface area contributed by atoms with Crippen LogP contribution in [0.1, 0.15) is 18.4 Å². The minimum absolute atomic E-state index is 0.0262. The van der Waals surface area contributed by atoms with Crippen LogP contribution in [0.15, 0.2) is 17.1 Å². The Morgan fingerprint density at radius 1 is 1.56 bits per heavy atom. The van der Waals surface area contributed by atoms with Crippen LogP contribution in [0, 0.1) is 5.82 Å². The monoisotopic (exact) mass is 241 g/mol. The quantitative estimate of drug-likeness (QED) is 0.603. The zero-order valence-electron chi connectivity index (χ0n) is 8.59. The van der Waals surface area contributed by atoms with Gasteiger partial charge in [0.15, 0.2) is 11.6 Å². The van der Waals surface area contributed by atoms with E-state index in [2.05, 4.69) is 4.99 Å². The number of isocyanates is 1. The fourth-order valence-electron chi connectivity index (χ4n) is 1.65. The van der Waals surface area contributed by atoms with Gasteiger partial charge < -0.3 is 4.74 Å². The maximum absolute atomic E-state index is 13.4. The van der Waals surface area contributed by atoms with E-state index in [9.17, 15) is 9.18 Å². The van der Waals surface area contributed by atoms with E-state index < -0.39 is 11.4 Å². The first kappa shape index (κ1) is 11.1. The fourth-order valence-corrected chi connectivity index (χ4v) is 1.86. The molecule has 2 rings (SSSR count). The molecule has 84 valence electrons. The van der Waals surface area contributed by atoms with E-state index in [1.807, 2.05) is 0 Å². The molecule has 5 heteroatoms. The van der Waals surface area contributed by atoms with Crippen LogP contribution in [-0.2, 0) is 10.3 Å². The van der Waals surface area contributed by atoms with Crippen LogP contribution in [0.4, 0.5) is 4.39 Å². The number of hydrogen-bond acceptors (Lipinski definition) is 3. The van der Waals surface area contributed by atoms with Crippen LogP contribution in [0.2, 0.25) is 5.02 Å². The van der Waals surface area contributed by atoms with Crippen LogP contribution in [0.25, 0.3) is 0 Å². The zero-order chi connectivity index (χ0) is 11.8. The van der Waals surface area contributed by atoms with E-state index in [1.165, 1.54) is 25.3 Å². The van der Waals surface area contributed by atoms with Gasteiger partial charge in [-0.05, 0) is 30.5 Å². The molecular formula is C11H9ClFNO2. The van der Waals surface area contributed by atoms with Gasteiger partial charge in [-0.3, -0.25) is 0 Å². The first-order chi connectivity index (χ1) is 7.63. The third-order valence-corrected chi connectivity index (χ3v) is 3.01. The van der Waals surface area contributed by atoms with Crippen molar-refractivity contribution in [3.05, 3.63) is 28.5 Å². The Balaban J connectivity index is 2.51. The highest BCUT2D eigenvalue weighted by Gasteiger charge is 2.45. The van der Waals surface area contributed by atoms with Gasteiger partial charge in [0.05, 0.1) is 17.7 Å². The molecule has 0 aliphatic heterocycles. The first-order valence-electron chi connectivity index (χ1n) is 4.75. The summed E-state index contributed by atoms with van der Waals surface area (Å²) < 4.78 is 18.3. The van der Waals surface area contributed by atoms with Gasteiger partial charge in [-0.2, -0.15) is 4.99 Å². The molecule has 0 bridgehead atoms. The average molecular weight is 242 g/mol. The first-order valence-corrected chi connectivity index (χ1v) is 5.13. The van der Waals surface area contributed by atoms with Crippen LogP contribution >= 0.6 is 11.6 Å². The van der Waals surface area contributed by atoms with E-state index in [0.29, 0.717) is 5.56 Å². The van der Waals surface area contributed by atoms with Crippen LogP contribution in [0.3, 0.4) is 0 Å². The molecule has 0 radical (unpaired) electrons. The summed E-state index contributed by atoms with van der Waals surface area (Å²) in [6.45, 7) is 0. The number of halogens is 2. The third kappa shape index (κ3) is 1.70. The summed E-state index contributed by atoms with van der Waals surface area (Å²) in [4.78, 5) is 14.1. The van der Waals surface area contributed by atoms with E-state index >= 15 is 0 Å². The topological polar surface area (TPSA) is 38.7 Å². The van der Waals surface area contributed by atoms with Crippen molar-refractivity contribution < 1.29 is 13.9 Å². The maximum atomic E-state index is 13.4. The third-order valence-electron chi connectivity index (χ3n) is 2.74. The van der Waals surface area contributed by atoms with Gasteiger partial charge in [-0.15, -0.1) is 0 Å². The van der Waals surface area contributed by atoms with E-state index in [-0.39, 0.29) is 10.8 Å². The van der Waals surface area contributed by atoms with Crippen molar-refractivity contribution in [1.29, 1.82) is 0 Å². The largest absolute Gasteiger partial charge is 0.494 e. The second-order valence-electron chi connectivity index (χ2n) is 3.71. The van der Waals surface area contributed by atoms with E-state index in [0.717, 1.165) is 12.8 Å². The molecule has 0 spiro atoms. The summed E-state index contributed by atoms with van der Waals surface area (Å²) in [5.74, 6) is -0.534. The normalized spacial score (nSPS) is 16.4. The van der Waals surface area contributed by atoms with Gasteiger partial charge in [0, 0.05) is 0 Å². The van der Waals surface area contributed by atoms with Crippen molar-refractivity contribution in [2.45, 2.75) is 18.4 Å². The van der Waals surface area contributed by atoms with Gasteiger partial charge in [0.2, 0.25) is 6.08 Å². The van der Waals surface area contributed by atoms with Gasteiger partial charge in [0.1, 0.15) is 0 Å². The predicted molar refractivity (Wildman–Crippen MR) is 57.0 cm³/mol. The van der Waals surface area contributed by atoms with Gasteiger partial charge >= 0.3 is 0 Å². The second kappa shape index (κ2) is 3.89. The lowest BCUT2D eigenvalue weighted by Gasteiger charge is -2.11. The Morgan fingerprint density at radius 3 is 2.75 bits per heavy atom. The summed E-state index contributed by atoms with van der Waals surface area (Å²) in [6, 6.07) is 3.00. The highest BCUT2D eigenvalue weighted by molar-refractivity contribution is 6.31. The minimum atomic E-state index is -0.598. The molecule has 0 atom stereocenters. The number of carbonyl (C=O) groups excluding carboxylic acids is 1. The molecular weight excluding hydrogens is 233 g/mol. The minimum Gasteiger partial charge on any atom is -0.494 e. The molecule has 1 fully saturated rings. The number of rotatable bonds is 3. The predicted octanol–water partition coefficient (Wildman–Crippen LogP) is 2.81. The molecule has 0 aromatic heterocycles. The Kier molecular flexibility index (Phi) is 2.70. The van der Waals surface area contributed by atoms with Crippen molar-refractivity contribution in [2.75, 3.05) is 7.11 Å². The maximum Gasteiger partial charge on any atom is 0.235 e. The number of methoxy groups -OCH3 is 1. The number of aliphatic imine (C=N–C) groups is 1. The summed E-state index contributed by atoms with van der Waals surface area (Å²) in [5.41, 5.74) is 0.130. The number of benzene rings is 1. The standard InChI is InChI=1S/C11H9ClFNO2/c1-16-9-5-7(4-8(12)10(9)13)11(2-3-11)14-6-15/h4-5H,2-3H2,1H3. The van der Waals surface area contributed by atoms with Crippen LogP contribution in [-0.4, -0.2) is 13.2 Å². The molecule has 0 heterocycles. The van der Waals surface area contributed by atoms with Crippen molar-refractivity contribution in [3.8, 4) is 5.75 Å². The van der Waals surface area contributed by atoms with Gasteiger partial charge in [0.25, 0.3) is 0 Å². The number of hydrogen-bond donors (Lipinski definition) is 0. The van der Waals surface area contributed by atoms with Crippen LogP contribution < -0.4 is 4.74 Å². The molecule has 0 N–H and O–H groups in total. The Hall–Kier alpha value is -1.38. The van der Waals surface area contributed by atoms with E-state index in [4.69, 9.17) is 16.3 Å². The summed E-state index contributed by atoms with van der Waals surface area (Å²) in [7, 11) is 1.36. The lowest BCUT2D eigenvalue weighted by molar-refractivity contribution is 0.385. The van der Waals surface area contributed by atoms with Gasteiger partial charge in [-0.1, -0.05) is 11.6 Å². The Bertz CT molecular complexity index is 479. The molecule has 0 amide bonds. The Morgan fingerprint density at radius 2 is 2.25 bits per heavy atom. The van der Waals surface area contributed by atoms with Crippen molar-refractivity contribution >= 4 is 17.7 Å². The number of nitrogens with zero attached hydrogens (tertiary/aromatic N) is 1. The molecule has 3 nitrogen and oxygen atoms in total. The average Bonchev–Trinajstić information content (AvgIpc) is 3.03. The molecule has 16 heavy (non-hydrogen) atoms. The molecule has 1 aliphatic carbocycles. The molecule has 1 aromatic rings. The lowest BCUT2D eigenvalue weighted by Crippen LogP contribution is -2.04. The fraction of sp³-hybridized carbons (Fsp3) is 0.364. The van der Waals surface area contributed by atoms with E-state index in [1.54, 1.807) is 0 Å². The highest BCUT2D eigenvalue weighted by Crippen LogP contribution is 2.50. The van der Waals surface area contributed by atoms with Crippen LogP contribution in [0.5, 0.6) is 5.75 Å². The zero-order valence-corrected chi connectivity index (χ0v) is 9.34. The Labute approximate surface area is 96.9 Å². The summed E-state index contributed by atoms with van der Waals surface area (Å²) in [5, 5.41) is -0.0262. The van der Waals surface area contributed by atoms with Gasteiger partial charge in [-0.25, -0.2) is 9.18 Å². The molecule has 0 unspecified atom stereocenters. The SMILES string of the molecule is COc1cc(C2(N=C=O)CC2)cc(Cl)c1F. The highest BCUT2D eigenvalue weighted by atomic mass is 35.5. The molecule has 0 saturated heterocycles. The second-order valence-corrected chi connectivity index (χ2v) is 4.12.